The Morgan fingerprint density at radius 1 is 1.22 bits per heavy atom. The Kier molecular flexibility index (Phi) is 7.93. The van der Waals surface area contributed by atoms with Crippen LogP contribution in [0.5, 0.6) is 0 Å². The third-order valence-corrected chi connectivity index (χ3v) is 4.62. The van der Waals surface area contributed by atoms with E-state index in [4.69, 9.17) is 23.2 Å². The van der Waals surface area contributed by atoms with E-state index in [2.05, 4.69) is 30.9 Å². The number of rotatable bonds is 7. The predicted molar refractivity (Wildman–Crippen MR) is 103 cm³/mol. The van der Waals surface area contributed by atoms with E-state index in [1.165, 1.54) is 6.20 Å². The van der Waals surface area contributed by atoms with Crippen LogP contribution in [0.25, 0.3) is 0 Å². The van der Waals surface area contributed by atoms with E-state index in [0.717, 1.165) is 16.7 Å². The molecule has 2 aromatic rings. The summed E-state index contributed by atoms with van der Waals surface area (Å²) in [6, 6.07) is 1.59. The quantitative estimate of drug-likeness (QED) is 0.347. The van der Waals surface area contributed by atoms with E-state index >= 15 is 0 Å². The number of aromatic nitrogens is 2. The lowest BCUT2D eigenvalue weighted by molar-refractivity contribution is -0.140. The zero-order chi connectivity index (χ0) is 19.9. The van der Waals surface area contributed by atoms with Crippen molar-refractivity contribution in [2.45, 2.75) is 12.6 Å². The maximum atomic E-state index is 12.5. The van der Waals surface area contributed by atoms with Crippen molar-refractivity contribution in [2.75, 3.05) is 32.0 Å². The number of nitrogens with one attached hydrogen (secondary N) is 3. The second kappa shape index (κ2) is 9.95. The summed E-state index contributed by atoms with van der Waals surface area (Å²) in [5.41, 5.74) is -0.856. The number of anilines is 1. The minimum Gasteiger partial charge on any atom is -0.367 e. The zero-order valence-corrected chi connectivity index (χ0v) is 16.5. The molecule has 3 N–H and O–H groups in total. The normalized spacial score (nSPS) is 12.1. The molecule has 0 aliphatic rings. The van der Waals surface area contributed by atoms with Crippen LogP contribution in [0, 0.1) is 0 Å². The van der Waals surface area contributed by atoms with Crippen LogP contribution in [0.3, 0.4) is 0 Å². The molecule has 12 heteroatoms. The third kappa shape index (κ3) is 7.04. The molecule has 0 atom stereocenters. The molecule has 0 aliphatic heterocycles. The number of hydrogen-bond acceptors (Lipinski definition) is 5. The summed E-state index contributed by atoms with van der Waals surface area (Å²) in [4.78, 5) is 11.7. The van der Waals surface area contributed by atoms with E-state index < -0.39 is 11.9 Å². The third-order valence-electron chi connectivity index (χ3n) is 3.21. The van der Waals surface area contributed by atoms with Crippen LogP contribution in [-0.4, -0.2) is 42.6 Å². The van der Waals surface area contributed by atoms with Crippen molar-refractivity contribution in [3.63, 3.8) is 0 Å². The Balaban J connectivity index is 1.69. The van der Waals surface area contributed by atoms with Gasteiger partial charge in [0.1, 0.15) is 5.82 Å². The van der Waals surface area contributed by atoms with E-state index in [1.54, 1.807) is 13.1 Å². The minimum absolute atomic E-state index is 0.365. The van der Waals surface area contributed by atoms with Gasteiger partial charge >= 0.3 is 6.18 Å². The van der Waals surface area contributed by atoms with Crippen molar-refractivity contribution >= 4 is 46.3 Å². The number of hydrogen-bond donors (Lipinski definition) is 3. The number of halogens is 5. The molecule has 0 spiro atoms. The first kappa shape index (κ1) is 21.5. The van der Waals surface area contributed by atoms with Gasteiger partial charge in [0.25, 0.3) is 0 Å². The monoisotopic (exact) mass is 440 g/mol. The molecule has 0 radical (unpaired) electrons. The number of guanidine groups is 1. The maximum absolute atomic E-state index is 12.5. The first-order chi connectivity index (χ1) is 12.8. The van der Waals surface area contributed by atoms with Gasteiger partial charge in [-0.05, 0) is 6.07 Å². The standard InChI is InChI=1S/C15H17Cl2F3N6S/c1-21-14(23-3-2-12-26-11(8-27-12)15(18,19)20)24-5-4-22-13-10(17)6-9(16)7-25-13/h6-8H,2-5H2,1H3,(H,22,25)(H2,21,23,24). The average molecular weight is 441 g/mol. The minimum atomic E-state index is -4.41. The van der Waals surface area contributed by atoms with Crippen molar-refractivity contribution in [3.8, 4) is 0 Å². The maximum Gasteiger partial charge on any atom is 0.434 e. The molecule has 0 saturated heterocycles. The molecule has 27 heavy (non-hydrogen) atoms. The van der Waals surface area contributed by atoms with Gasteiger partial charge in [0, 0.05) is 44.7 Å². The van der Waals surface area contributed by atoms with Gasteiger partial charge in [0.05, 0.1) is 15.1 Å². The van der Waals surface area contributed by atoms with Crippen LogP contribution in [0.15, 0.2) is 22.6 Å². The Morgan fingerprint density at radius 2 is 1.96 bits per heavy atom. The fraction of sp³-hybridized carbons (Fsp3) is 0.400. The van der Waals surface area contributed by atoms with Crippen LogP contribution in [0.4, 0.5) is 19.0 Å². The predicted octanol–water partition coefficient (Wildman–Crippen LogP) is 3.68. The van der Waals surface area contributed by atoms with Crippen molar-refractivity contribution < 1.29 is 13.2 Å². The summed E-state index contributed by atoms with van der Waals surface area (Å²) in [7, 11) is 1.60. The number of aliphatic imine (C=N–C) groups is 1. The fourth-order valence-corrected chi connectivity index (χ4v) is 3.22. The van der Waals surface area contributed by atoms with E-state index in [0.29, 0.717) is 52.9 Å². The lowest BCUT2D eigenvalue weighted by Gasteiger charge is -2.12. The molecular formula is C15H17Cl2F3N6S. The lowest BCUT2D eigenvalue weighted by atomic mass is 10.4. The summed E-state index contributed by atoms with van der Waals surface area (Å²) in [6.45, 7) is 1.45. The van der Waals surface area contributed by atoms with Gasteiger partial charge in [-0.15, -0.1) is 11.3 Å². The molecule has 0 aliphatic carbocycles. The van der Waals surface area contributed by atoms with Crippen LogP contribution < -0.4 is 16.0 Å². The van der Waals surface area contributed by atoms with Gasteiger partial charge in [0.15, 0.2) is 11.7 Å². The molecule has 0 aromatic carbocycles. The SMILES string of the molecule is CN=C(NCCNc1ncc(Cl)cc1Cl)NCCc1nc(C(F)(F)F)cs1. The fourth-order valence-electron chi connectivity index (χ4n) is 1.97. The molecule has 0 fully saturated rings. The molecule has 0 unspecified atom stereocenters. The van der Waals surface area contributed by atoms with E-state index in [1.807, 2.05) is 0 Å². The number of pyridine rings is 1. The second-order valence-electron chi connectivity index (χ2n) is 5.21. The molecule has 0 saturated carbocycles. The summed E-state index contributed by atoms with van der Waals surface area (Å²) >= 11 is 12.8. The van der Waals surface area contributed by atoms with Crippen molar-refractivity contribution in [2.24, 2.45) is 4.99 Å². The van der Waals surface area contributed by atoms with Crippen LogP contribution in [-0.2, 0) is 12.6 Å². The van der Waals surface area contributed by atoms with Crippen molar-refractivity contribution in [1.29, 1.82) is 0 Å². The zero-order valence-electron chi connectivity index (χ0n) is 14.2. The topological polar surface area (TPSA) is 74.2 Å². The first-order valence-electron chi connectivity index (χ1n) is 7.80. The molecule has 148 valence electrons. The van der Waals surface area contributed by atoms with E-state index in [9.17, 15) is 13.2 Å². The Morgan fingerprint density at radius 3 is 2.59 bits per heavy atom. The van der Waals surface area contributed by atoms with Gasteiger partial charge in [-0.2, -0.15) is 13.2 Å². The van der Waals surface area contributed by atoms with Gasteiger partial charge in [-0.3, -0.25) is 4.99 Å². The highest BCUT2D eigenvalue weighted by Gasteiger charge is 2.33. The highest BCUT2D eigenvalue weighted by atomic mass is 35.5. The van der Waals surface area contributed by atoms with Crippen molar-refractivity contribution in [1.82, 2.24) is 20.6 Å². The van der Waals surface area contributed by atoms with Crippen LogP contribution in [0.2, 0.25) is 10.0 Å². The highest BCUT2D eigenvalue weighted by Crippen LogP contribution is 2.30. The van der Waals surface area contributed by atoms with Gasteiger partial charge < -0.3 is 16.0 Å². The summed E-state index contributed by atoms with van der Waals surface area (Å²) in [5, 5.41) is 11.5. The number of nitrogens with zero attached hydrogens (tertiary/aromatic N) is 3. The Labute approximate surface area is 168 Å². The summed E-state index contributed by atoms with van der Waals surface area (Å²) < 4.78 is 37.6. The molecule has 2 aromatic heterocycles. The van der Waals surface area contributed by atoms with Crippen molar-refractivity contribution in [3.05, 3.63) is 38.4 Å². The number of alkyl halides is 3. The van der Waals surface area contributed by atoms with Gasteiger partial charge in [-0.1, -0.05) is 23.2 Å². The largest absolute Gasteiger partial charge is 0.434 e. The smallest absolute Gasteiger partial charge is 0.367 e. The van der Waals surface area contributed by atoms with E-state index in [-0.39, 0.29) is 0 Å². The molecule has 2 rings (SSSR count). The van der Waals surface area contributed by atoms with Gasteiger partial charge in [-0.25, -0.2) is 9.97 Å². The van der Waals surface area contributed by atoms with Gasteiger partial charge in [0.2, 0.25) is 0 Å². The molecule has 6 nitrogen and oxygen atoms in total. The first-order valence-corrected chi connectivity index (χ1v) is 9.44. The molecule has 0 bridgehead atoms. The molecule has 2 heterocycles. The molecule has 0 amide bonds. The lowest BCUT2D eigenvalue weighted by Crippen LogP contribution is -2.40. The average Bonchev–Trinajstić information content (AvgIpc) is 3.08. The second-order valence-corrected chi connectivity index (χ2v) is 7.00. The van der Waals surface area contributed by atoms with Crippen LogP contribution >= 0.6 is 34.5 Å². The summed E-state index contributed by atoms with van der Waals surface area (Å²) in [5.74, 6) is 1.05. The van der Waals surface area contributed by atoms with Crippen LogP contribution in [0.1, 0.15) is 10.7 Å². The molecular weight excluding hydrogens is 424 g/mol. The Hall–Kier alpha value is -1.78. The summed E-state index contributed by atoms with van der Waals surface area (Å²) in [6.07, 6.45) is -2.55. The number of thiazole rings is 1. The Bertz CT molecular complexity index is 781. The highest BCUT2D eigenvalue weighted by molar-refractivity contribution is 7.09.